The Morgan fingerprint density at radius 3 is 1.55 bits per heavy atom. The number of imide groups is 1. The molecule has 0 saturated carbocycles. The van der Waals surface area contributed by atoms with E-state index in [1.54, 1.807) is 24.3 Å². The lowest BCUT2D eigenvalue weighted by Gasteiger charge is -2.41. The lowest BCUT2D eigenvalue weighted by atomic mass is 10.1. The smallest absolute Gasteiger partial charge is 0.319 e. The second-order valence-corrected chi connectivity index (χ2v) is 12.8. The maximum absolute atomic E-state index is 12.7. The van der Waals surface area contributed by atoms with Gasteiger partial charge >= 0.3 is 8.32 Å². The Balaban J connectivity index is 1.75. The fourth-order valence-corrected chi connectivity index (χ4v) is 8.51. The van der Waals surface area contributed by atoms with Crippen LogP contribution in [0.2, 0.25) is 5.04 Å². The third-order valence-electron chi connectivity index (χ3n) is 5.70. The summed E-state index contributed by atoms with van der Waals surface area (Å²) in [5, 5.41) is 2.05. The van der Waals surface area contributed by atoms with Crippen molar-refractivity contribution >= 4 is 30.5 Å². The van der Waals surface area contributed by atoms with Crippen LogP contribution in [0.4, 0.5) is 0 Å². The average molecular weight is 428 g/mol. The van der Waals surface area contributed by atoms with E-state index in [4.69, 9.17) is 4.43 Å². The summed E-state index contributed by atoms with van der Waals surface area (Å²) < 4.78 is 6.64. The molecule has 0 N–H and O–H groups in total. The molecule has 0 bridgehead atoms. The Morgan fingerprint density at radius 2 is 1.13 bits per heavy atom. The van der Waals surface area contributed by atoms with Crippen LogP contribution in [0.25, 0.3) is 0 Å². The van der Waals surface area contributed by atoms with Crippen LogP contribution in [0.15, 0.2) is 97.4 Å². The summed E-state index contributed by atoms with van der Waals surface area (Å²) in [5.41, 5.74) is 0.838. The maximum Gasteiger partial charge on any atom is 0.319 e. The van der Waals surface area contributed by atoms with Gasteiger partial charge in [0.05, 0.1) is 17.4 Å². The van der Waals surface area contributed by atoms with Crippen molar-refractivity contribution in [2.45, 2.75) is 25.8 Å². The molecule has 0 spiro atoms. The number of carbonyl (C=O) groups is 2. The van der Waals surface area contributed by atoms with Crippen LogP contribution in [0.3, 0.4) is 0 Å². The van der Waals surface area contributed by atoms with Crippen molar-refractivity contribution in [3.8, 4) is 0 Å². The molecule has 3 aromatic carbocycles. The van der Waals surface area contributed by atoms with E-state index in [-0.39, 0.29) is 16.9 Å². The first-order chi connectivity index (χ1) is 14.9. The summed E-state index contributed by atoms with van der Waals surface area (Å²) in [6, 6.07) is 27.3. The zero-order valence-electron chi connectivity index (χ0n) is 17.9. The molecule has 4 nitrogen and oxygen atoms in total. The lowest BCUT2D eigenvalue weighted by molar-refractivity contribution is 0.0718. The van der Waals surface area contributed by atoms with Gasteiger partial charge in [-0.05, 0) is 27.5 Å². The van der Waals surface area contributed by atoms with Gasteiger partial charge in [0, 0.05) is 6.20 Å². The Labute approximate surface area is 183 Å². The van der Waals surface area contributed by atoms with Gasteiger partial charge in [-0.3, -0.25) is 9.59 Å². The van der Waals surface area contributed by atoms with Crippen molar-refractivity contribution in [3.63, 3.8) is 0 Å². The molecule has 1 aliphatic heterocycles. The molecule has 3 aromatic rings. The minimum absolute atomic E-state index is 0.206. The highest BCUT2D eigenvalue weighted by Gasteiger charge is 2.51. The molecule has 0 radical (unpaired) electrons. The molecule has 1 aliphatic rings. The molecule has 2 amide bonds. The second-order valence-electron chi connectivity index (χ2n) is 8.59. The van der Waals surface area contributed by atoms with Crippen LogP contribution in [0, 0.1) is 0 Å². The zero-order chi connectivity index (χ0) is 22.1. The van der Waals surface area contributed by atoms with E-state index in [2.05, 4.69) is 45.0 Å². The zero-order valence-corrected chi connectivity index (χ0v) is 18.9. The van der Waals surface area contributed by atoms with Crippen LogP contribution < -0.4 is 10.4 Å². The number of rotatable bonds is 5. The molecule has 0 atom stereocenters. The summed E-state index contributed by atoms with van der Waals surface area (Å²) in [6.07, 6.45) is 2.99. The SMILES string of the molecule is CC(C)(C)[Si](O/C=C/N1C(=O)c2ccccc2C1=O)(c1ccccc1)c1ccccc1. The number of nitrogens with zero attached hydrogens (tertiary/aromatic N) is 1. The fraction of sp³-hybridized carbons (Fsp3) is 0.154. The molecule has 0 saturated heterocycles. The first-order valence-corrected chi connectivity index (χ1v) is 12.2. The van der Waals surface area contributed by atoms with E-state index in [1.807, 2.05) is 36.4 Å². The molecule has 31 heavy (non-hydrogen) atoms. The van der Waals surface area contributed by atoms with E-state index >= 15 is 0 Å². The first kappa shape index (κ1) is 20.8. The van der Waals surface area contributed by atoms with E-state index < -0.39 is 8.32 Å². The summed E-state index contributed by atoms with van der Waals surface area (Å²) in [4.78, 5) is 26.5. The van der Waals surface area contributed by atoms with E-state index in [0.29, 0.717) is 11.1 Å². The lowest BCUT2D eigenvalue weighted by Crippen LogP contribution is -2.65. The van der Waals surface area contributed by atoms with Gasteiger partial charge in [0.2, 0.25) is 0 Å². The molecule has 0 unspecified atom stereocenters. The van der Waals surface area contributed by atoms with Gasteiger partial charge in [-0.1, -0.05) is 93.6 Å². The fourth-order valence-electron chi connectivity index (χ4n) is 4.23. The molecule has 0 aliphatic carbocycles. The maximum atomic E-state index is 12.7. The van der Waals surface area contributed by atoms with Crippen LogP contribution in [-0.2, 0) is 4.43 Å². The highest BCUT2D eigenvalue weighted by Crippen LogP contribution is 2.37. The van der Waals surface area contributed by atoms with Gasteiger partial charge in [0.1, 0.15) is 0 Å². The Bertz CT molecular complexity index is 1060. The van der Waals surface area contributed by atoms with Crippen molar-refractivity contribution in [3.05, 3.63) is 109 Å². The number of hydrogen-bond donors (Lipinski definition) is 0. The van der Waals surface area contributed by atoms with Crippen LogP contribution in [-0.4, -0.2) is 25.0 Å². The van der Waals surface area contributed by atoms with Crippen molar-refractivity contribution < 1.29 is 14.0 Å². The second kappa shape index (κ2) is 8.00. The highest BCUT2D eigenvalue weighted by molar-refractivity contribution is 6.99. The number of benzene rings is 3. The molecule has 156 valence electrons. The predicted molar refractivity (Wildman–Crippen MR) is 125 cm³/mol. The van der Waals surface area contributed by atoms with E-state index in [0.717, 1.165) is 15.3 Å². The Kier molecular flexibility index (Phi) is 5.37. The molecular weight excluding hydrogens is 402 g/mol. The summed E-state index contributed by atoms with van der Waals surface area (Å²) in [6.45, 7) is 6.53. The standard InChI is InChI=1S/C26H25NO3Si/c1-26(2,3)31(20-12-6-4-7-13-20,21-14-8-5-9-15-21)30-19-18-27-24(28)22-16-10-11-17-23(22)25(27)29/h4-19H,1-3H3/b19-18+. The molecule has 1 heterocycles. The van der Waals surface area contributed by atoms with Gasteiger partial charge in [0.15, 0.2) is 0 Å². The number of carbonyl (C=O) groups excluding carboxylic acids is 2. The molecule has 0 aromatic heterocycles. The molecule has 0 fully saturated rings. The normalized spacial score (nSPS) is 14.2. The Hall–Kier alpha value is -3.44. The number of fused-ring (bicyclic) bond motifs is 1. The van der Waals surface area contributed by atoms with Crippen LogP contribution in [0.1, 0.15) is 41.5 Å². The average Bonchev–Trinajstić information content (AvgIpc) is 3.02. The molecule has 5 heteroatoms. The van der Waals surface area contributed by atoms with Gasteiger partial charge < -0.3 is 4.43 Å². The van der Waals surface area contributed by atoms with Crippen molar-refractivity contribution in [2.24, 2.45) is 0 Å². The third kappa shape index (κ3) is 3.51. The van der Waals surface area contributed by atoms with E-state index in [9.17, 15) is 9.59 Å². The minimum Gasteiger partial charge on any atom is -0.538 e. The van der Waals surface area contributed by atoms with Gasteiger partial charge in [-0.2, -0.15) is 0 Å². The van der Waals surface area contributed by atoms with Crippen molar-refractivity contribution in [1.82, 2.24) is 4.90 Å². The number of amides is 2. The molecular formula is C26H25NO3Si. The van der Waals surface area contributed by atoms with Gasteiger partial charge in [-0.25, -0.2) is 4.90 Å². The van der Waals surface area contributed by atoms with Crippen LogP contribution >= 0.6 is 0 Å². The first-order valence-electron chi connectivity index (χ1n) is 10.3. The minimum atomic E-state index is -2.78. The number of hydrogen-bond acceptors (Lipinski definition) is 3. The summed E-state index contributed by atoms with van der Waals surface area (Å²) >= 11 is 0. The monoisotopic (exact) mass is 427 g/mol. The van der Waals surface area contributed by atoms with Gasteiger partial charge in [-0.15, -0.1) is 0 Å². The highest BCUT2D eigenvalue weighted by atomic mass is 28.4. The van der Waals surface area contributed by atoms with E-state index in [1.165, 1.54) is 12.5 Å². The van der Waals surface area contributed by atoms with Gasteiger partial charge in [0.25, 0.3) is 11.8 Å². The van der Waals surface area contributed by atoms with Crippen LogP contribution in [0.5, 0.6) is 0 Å². The predicted octanol–water partition coefficient (Wildman–Crippen LogP) is 4.33. The Morgan fingerprint density at radius 1 is 0.710 bits per heavy atom. The third-order valence-corrected chi connectivity index (χ3v) is 10.6. The largest absolute Gasteiger partial charge is 0.538 e. The summed E-state index contributed by atoms with van der Waals surface area (Å²) in [7, 11) is -2.78. The van der Waals surface area contributed by atoms with Crippen molar-refractivity contribution in [2.75, 3.05) is 0 Å². The quantitative estimate of drug-likeness (QED) is 0.346. The topological polar surface area (TPSA) is 46.6 Å². The van der Waals surface area contributed by atoms with Crippen molar-refractivity contribution in [1.29, 1.82) is 0 Å². The summed E-state index contributed by atoms with van der Waals surface area (Å²) in [5.74, 6) is -0.661. The molecule has 4 rings (SSSR count).